The van der Waals surface area contributed by atoms with E-state index in [1.807, 2.05) is 19.9 Å². The fourth-order valence-electron chi connectivity index (χ4n) is 3.05. The summed E-state index contributed by atoms with van der Waals surface area (Å²) in [6.45, 7) is 3.78. The molecule has 4 nitrogen and oxygen atoms in total. The van der Waals surface area contributed by atoms with Crippen molar-refractivity contribution in [2.75, 3.05) is 0 Å². The summed E-state index contributed by atoms with van der Waals surface area (Å²) in [7, 11) is 0. The molecule has 1 heterocycles. The summed E-state index contributed by atoms with van der Waals surface area (Å²) in [5.41, 5.74) is 3.44. The van der Waals surface area contributed by atoms with Gasteiger partial charge in [-0.3, -0.25) is 9.59 Å². The van der Waals surface area contributed by atoms with Crippen LogP contribution >= 0.6 is 11.6 Å². The number of carboxylic acid groups (broad SMARTS) is 1. The van der Waals surface area contributed by atoms with Crippen LogP contribution in [-0.2, 0) is 4.79 Å². The molecule has 0 aromatic heterocycles. The van der Waals surface area contributed by atoms with E-state index in [0.717, 1.165) is 11.1 Å². The molecule has 2 N–H and O–H groups in total. The van der Waals surface area contributed by atoms with Crippen LogP contribution in [0.3, 0.4) is 0 Å². The van der Waals surface area contributed by atoms with E-state index in [4.69, 9.17) is 11.6 Å². The minimum atomic E-state index is -0.988. The molecule has 2 aromatic rings. The molecular weight excluding hydrogens is 314 g/mol. The van der Waals surface area contributed by atoms with Crippen LogP contribution < -0.4 is 5.32 Å². The molecule has 23 heavy (non-hydrogen) atoms. The van der Waals surface area contributed by atoms with Gasteiger partial charge in [0.1, 0.15) is 5.92 Å². The van der Waals surface area contributed by atoms with E-state index in [2.05, 4.69) is 5.32 Å². The van der Waals surface area contributed by atoms with Crippen molar-refractivity contribution in [3.05, 3.63) is 69.2 Å². The molecule has 2 aromatic carbocycles. The Bertz CT molecular complexity index is 816. The van der Waals surface area contributed by atoms with Crippen molar-refractivity contribution in [2.24, 2.45) is 0 Å². The van der Waals surface area contributed by atoms with Crippen LogP contribution in [0.5, 0.6) is 0 Å². The average molecular weight is 330 g/mol. The number of aryl methyl sites for hydroxylation is 2. The number of carboxylic acids is 1. The van der Waals surface area contributed by atoms with Gasteiger partial charge >= 0.3 is 5.97 Å². The van der Waals surface area contributed by atoms with Crippen LogP contribution in [0, 0.1) is 13.8 Å². The maximum absolute atomic E-state index is 12.4. The summed E-state index contributed by atoms with van der Waals surface area (Å²) in [5.74, 6) is -2.14. The highest BCUT2D eigenvalue weighted by Gasteiger charge is 2.39. The van der Waals surface area contributed by atoms with Crippen molar-refractivity contribution >= 4 is 23.5 Å². The molecule has 0 radical (unpaired) electrons. The highest BCUT2D eigenvalue weighted by atomic mass is 35.5. The number of nitrogens with one attached hydrogen (secondary N) is 1. The summed E-state index contributed by atoms with van der Waals surface area (Å²) in [5, 5.41) is 13.0. The molecule has 1 amide bonds. The zero-order valence-electron chi connectivity index (χ0n) is 12.8. The van der Waals surface area contributed by atoms with Crippen LogP contribution in [0.2, 0.25) is 5.02 Å². The van der Waals surface area contributed by atoms with Gasteiger partial charge in [0.2, 0.25) is 0 Å². The highest BCUT2D eigenvalue weighted by Crippen LogP contribution is 2.40. The van der Waals surface area contributed by atoms with Crippen molar-refractivity contribution in [3.8, 4) is 0 Å². The lowest BCUT2D eigenvalue weighted by Gasteiger charge is -2.32. The first-order chi connectivity index (χ1) is 10.9. The second-order valence-electron chi connectivity index (χ2n) is 5.88. The molecule has 1 aliphatic rings. The van der Waals surface area contributed by atoms with Gasteiger partial charge in [0, 0.05) is 10.6 Å². The summed E-state index contributed by atoms with van der Waals surface area (Å²) < 4.78 is 0. The Morgan fingerprint density at radius 3 is 2.39 bits per heavy atom. The summed E-state index contributed by atoms with van der Waals surface area (Å²) in [4.78, 5) is 24.3. The molecular formula is C18H16ClNO3. The van der Waals surface area contributed by atoms with Gasteiger partial charge in [-0.05, 0) is 42.7 Å². The van der Waals surface area contributed by atoms with Gasteiger partial charge in [-0.25, -0.2) is 0 Å². The number of aliphatic carboxylic acids is 1. The summed E-state index contributed by atoms with van der Waals surface area (Å²) >= 11 is 6.29. The second kappa shape index (κ2) is 5.70. The minimum absolute atomic E-state index is 0.279. The maximum Gasteiger partial charge on any atom is 0.313 e. The third-order valence-electron chi connectivity index (χ3n) is 4.16. The molecule has 0 saturated heterocycles. The van der Waals surface area contributed by atoms with E-state index in [9.17, 15) is 14.7 Å². The molecule has 0 fully saturated rings. The largest absolute Gasteiger partial charge is 0.481 e. The monoisotopic (exact) mass is 329 g/mol. The van der Waals surface area contributed by atoms with E-state index < -0.39 is 17.9 Å². The van der Waals surface area contributed by atoms with E-state index in [-0.39, 0.29) is 5.91 Å². The normalized spacial score (nSPS) is 19.9. The van der Waals surface area contributed by atoms with Crippen molar-refractivity contribution in [2.45, 2.75) is 25.8 Å². The molecule has 118 valence electrons. The molecule has 5 heteroatoms. The third-order valence-corrected chi connectivity index (χ3v) is 4.49. The minimum Gasteiger partial charge on any atom is -0.481 e. The Balaban J connectivity index is 2.18. The van der Waals surface area contributed by atoms with Gasteiger partial charge in [0.05, 0.1) is 6.04 Å². The Labute approximate surface area is 139 Å². The van der Waals surface area contributed by atoms with Crippen LogP contribution in [-0.4, -0.2) is 17.0 Å². The van der Waals surface area contributed by atoms with Crippen LogP contribution in [0.15, 0.2) is 36.4 Å². The smallest absolute Gasteiger partial charge is 0.313 e. The summed E-state index contributed by atoms with van der Waals surface area (Å²) in [6, 6.07) is 9.95. The van der Waals surface area contributed by atoms with Crippen molar-refractivity contribution in [1.82, 2.24) is 5.32 Å². The molecule has 2 atom stereocenters. The number of carbonyl (C=O) groups excluding carboxylic acids is 1. The van der Waals surface area contributed by atoms with Crippen LogP contribution in [0.25, 0.3) is 0 Å². The standard InChI is InChI=1S/C18H16ClNO3/c1-9-3-5-11-13(7-9)15(18(22)23)16(20-17(11)21)12-6-4-10(2)8-14(12)19/h3-8,15-16H,1-2H3,(H,20,21)(H,22,23)/t15-,16+/m1/s1. The Morgan fingerprint density at radius 2 is 1.74 bits per heavy atom. The van der Waals surface area contributed by atoms with Gasteiger partial charge in [-0.2, -0.15) is 0 Å². The number of benzene rings is 2. The Kier molecular flexibility index (Phi) is 3.86. The van der Waals surface area contributed by atoms with Crippen LogP contribution in [0.4, 0.5) is 0 Å². The van der Waals surface area contributed by atoms with Gasteiger partial charge in [0.25, 0.3) is 5.91 Å². The van der Waals surface area contributed by atoms with Gasteiger partial charge in [-0.1, -0.05) is 41.4 Å². The highest BCUT2D eigenvalue weighted by molar-refractivity contribution is 6.31. The number of amides is 1. The number of rotatable bonds is 2. The fraction of sp³-hybridized carbons (Fsp3) is 0.222. The van der Waals surface area contributed by atoms with E-state index in [1.165, 1.54) is 0 Å². The quantitative estimate of drug-likeness (QED) is 0.884. The van der Waals surface area contributed by atoms with Crippen LogP contribution in [0.1, 0.15) is 44.6 Å². The van der Waals surface area contributed by atoms with Gasteiger partial charge < -0.3 is 10.4 Å². The number of hydrogen-bond donors (Lipinski definition) is 2. The number of fused-ring (bicyclic) bond motifs is 1. The number of hydrogen-bond acceptors (Lipinski definition) is 2. The third kappa shape index (κ3) is 2.70. The second-order valence-corrected chi connectivity index (χ2v) is 6.29. The molecule has 0 bridgehead atoms. The predicted molar refractivity (Wildman–Crippen MR) is 88.0 cm³/mol. The molecule has 0 unspecified atom stereocenters. The molecule has 1 aliphatic heterocycles. The first kappa shape index (κ1) is 15.6. The molecule has 0 saturated carbocycles. The van der Waals surface area contributed by atoms with Gasteiger partial charge in [-0.15, -0.1) is 0 Å². The van der Waals surface area contributed by atoms with E-state index >= 15 is 0 Å². The van der Waals surface area contributed by atoms with Crippen molar-refractivity contribution < 1.29 is 14.7 Å². The lowest BCUT2D eigenvalue weighted by molar-refractivity contribution is -0.139. The Morgan fingerprint density at radius 1 is 1.09 bits per heavy atom. The molecule has 3 rings (SSSR count). The maximum atomic E-state index is 12.4. The van der Waals surface area contributed by atoms with E-state index in [0.29, 0.717) is 21.7 Å². The van der Waals surface area contributed by atoms with Crippen molar-refractivity contribution in [1.29, 1.82) is 0 Å². The van der Waals surface area contributed by atoms with Crippen molar-refractivity contribution in [3.63, 3.8) is 0 Å². The topological polar surface area (TPSA) is 66.4 Å². The zero-order chi connectivity index (χ0) is 16.7. The zero-order valence-corrected chi connectivity index (χ0v) is 13.5. The van der Waals surface area contributed by atoms with E-state index in [1.54, 1.807) is 30.3 Å². The summed E-state index contributed by atoms with van der Waals surface area (Å²) in [6.07, 6.45) is 0. The predicted octanol–water partition coefficient (Wildman–Crippen LogP) is 3.61. The first-order valence-electron chi connectivity index (χ1n) is 7.28. The number of halogens is 1. The molecule has 0 aliphatic carbocycles. The first-order valence-corrected chi connectivity index (χ1v) is 7.66. The number of carbonyl (C=O) groups is 2. The molecule has 0 spiro atoms. The van der Waals surface area contributed by atoms with Gasteiger partial charge in [0.15, 0.2) is 0 Å². The lowest BCUT2D eigenvalue weighted by Crippen LogP contribution is -2.41. The lowest BCUT2D eigenvalue weighted by atomic mass is 9.80. The Hall–Kier alpha value is -2.33. The average Bonchev–Trinajstić information content (AvgIpc) is 2.46. The SMILES string of the molecule is Cc1ccc([C@@H]2NC(=O)c3ccc(C)cc3[C@H]2C(=O)O)c(Cl)c1. The fourth-order valence-corrected chi connectivity index (χ4v) is 3.40.